The molecule has 23 heavy (non-hydrogen) atoms. The van der Waals surface area contributed by atoms with Crippen molar-refractivity contribution < 1.29 is 17.9 Å². The first-order chi connectivity index (χ1) is 10.9. The number of sulfonamides is 1. The van der Waals surface area contributed by atoms with Crippen molar-refractivity contribution in [1.82, 2.24) is 14.5 Å². The molecule has 0 bridgehead atoms. The molecule has 0 aromatic carbocycles. The molecule has 0 unspecified atom stereocenters. The fourth-order valence-electron chi connectivity index (χ4n) is 3.28. The number of aromatic nitrogens is 2. The highest BCUT2D eigenvalue weighted by molar-refractivity contribution is 7.89. The predicted octanol–water partition coefficient (Wildman–Crippen LogP) is 1.54. The van der Waals surface area contributed by atoms with Crippen molar-refractivity contribution >= 4 is 10.0 Å². The molecule has 1 aromatic heterocycles. The van der Waals surface area contributed by atoms with Gasteiger partial charge in [0.05, 0.1) is 18.9 Å². The van der Waals surface area contributed by atoms with E-state index in [1.54, 1.807) is 11.8 Å². The second kappa shape index (κ2) is 6.41. The minimum atomic E-state index is -3.60. The summed E-state index contributed by atoms with van der Waals surface area (Å²) in [5.41, 5.74) is -0.0316. The molecular formula is C15H25N3O4S. The van der Waals surface area contributed by atoms with E-state index in [-0.39, 0.29) is 10.3 Å². The summed E-state index contributed by atoms with van der Waals surface area (Å²) in [7, 11) is -1.87. The average Bonchev–Trinajstić information content (AvgIpc) is 2.99. The summed E-state index contributed by atoms with van der Waals surface area (Å²) >= 11 is 0. The normalized spacial score (nSPS) is 28.2. The molecule has 3 rings (SSSR count). The fourth-order valence-corrected chi connectivity index (χ4v) is 4.55. The van der Waals surface area contributed by atoms with Crippen LogP contribution in [0.25, 0.3) is 0 Å². The summed E-state index contributed by atoms with van der Waals surface area (Å²) in [5, 5.41) is 4.11. The lowest BCUT2D eigenvalue weighted by molar-refractivity contribution is 0.0341. The first kappa shape index (κ1) is 16.7. The molecule has 0 atom stereocenters. The Hall–Kier alpha value is -1.12. The van der Waals surface area contributed by atoms with Gasteiger partial charge in [0.2, 0.25) is 15.9 Å². The van der Waals surface area contributed by atoms with Crippen molar-refractivity contribution in [2.45, 2.75) is 56.6 Å². The molecule has 1 aliphatic carbocycles. The van der Waals surface area contributed by atoms with Crippen LogP contribution in [0.2, 0.25) is 0 Å². The lowest BCUT2D eigenvalue weighted by Gasteiger charge is -2.36. The lowest BCUT2D eigenvalue weighted by Crippen LogP contribution is -2.39. The molecule has 7 nitrogen and oxygen atoms in total. The Morgan fingerprint density at radius 1 is 1.48 bits per heavy atom. The molecule has 1 aromatic rings. The van der Waals surface area contributed by atoms with Crippen molar-refractivity contribution in [3.63, 3.8) is 0 Å². The van der Waals surface area contributed by atoms with Gasteiger partial charge in [0.15, 0.2) is 4.90 Å². The molecule has 0 saturated heterocycles. The third-order valence-electron chi connectivity index (χ3n) is 4.96. The minimum Gasteiger partial charge on any atom is -0.477 e. The Balaban J connectivity index is 1.66. The van der Waals surface area contributed by atoms with Gasteiger partial charge in [-0.25, -0.2) is 17.8 Å². The molecule has 2 heterocycles. The Kier molecular flexibility index (Phi) is 4.66. The molecule has 0 radical (unpaired) electrons. The molecular weight excluding hydrogens is 318 g/mol. The largest absolute Gasteiger partial charge is 0.477 e. The van der Waals surface area contributed by atoms with E-state index in [9.17, 15) is 8.42 Å². The van der Waals surface area contributed by atoms with Gasteiger partial charge in [-0.1, -0.05) is 6.92 Å². The second-order valence-corrected chi connectivity index (χ2v) is 8.54. The first-order valence-corrected chi connectivity index (χ1v) is 9.63. The quantitative estimate of drug-likeness (QED) is 0.877. The van der Waals surface area contributed by atoms with E-state index in [2.05, 4.69) is 16.7 Å². The van der Waals surface area contributed by atoms with Crippen LogP contribution in [-0.4, -0.2) is 44.6 Å². The van der Waals surface area contributed by atoms with Crippen molar-refractivity contribution in [3.05, 3.63) is 6.20 Å². The van der Waals surface area contributed by atoms with Crippen LogP contribution in [0.5, 0.6) is 5.88 Å². The average molecular weight is 343 g/mol. The number of nitrogens with zero attached hydrogens (tertiary/aromatic N) is 2. The van der Waals surface area contributed by atoms with Gasteiger partial charge in [-0.3, -0.25) is 0 Å². The fraction of sp³-hybridized carbons (Fsp3) is 0.800. The summed E-state index contributed by atoms with van der Waals surface area (Å²) in [4.78, 5) is 0.145. The monoisotopic (exact) mass is 343 g/mol. The van der Waals surface area contributed by atoms with Crippen molar-refractivity contribution in [2.75, 3.05) is 20.3 Å². The van der Waals surface area contributed by atoms with Gasteiger partial charge in [0, 0.05) is 26.6 Å². The van der Waals surface area contributed by atoms with E-state index in [1.165, 1.54) is 6.20 Å². The van der Waals surface area contributed by atoms with E-state index in [0.29, 0.717) is 31.7 Å². The zero-order chi connectivity index (χ0) is 16.5. The van der Waals surface area contributed by atoms with Crippen LogP contribution in [0, 0.1) is 5.41 Å². The maximum atomic E-state index is 12.6. The van der Waals surface area contributed by atoms with Crippen molar-refractivity contribution in [1.29, 1.82) is 0 Å². The summed E-state index contributed by atoms with van der Waals surface area (Å²) in [6.07, 6.45) is 6.39. The van der Waals surface area contributed by atoms with Gasteiger partial charge >= 0.3 is 0 Å². The molecule has 1 aliphatic heterocycles. The number of hydrogen-bond acceptors (Lipinski definition) is 5. The Bertz CT molecular complexity index is 648. The van der Waals surface area contributed by atoms with Gasteiger partial charge in [-0.05, 0) is 31.1 Å². The van der Waals surface area contributed by atoms with Crippen LogP contribution < -0.4 is 9.46 Å². The molecule has 8 heteroatoms. The zero-order valence-corrected chi connectivity index (χ0v) is 14.6. The van der Waals surface area contributed by atoms with Crippen LogP contribution in [-0.2, 0) is 21.3 Å². The van der Waals surface area contributed by atoms with E-state index >= 15 is 0 Å². The number of methoxy groups -OCH3 is 1. The number of rotatable bonds is 5. The lowest BCUT2D eigenvalue weighted by atomic mass is 9.75. The van der Waals surface area contributed by atoms with Crippen molar-refractivity contribution in [3.8, 4) is 5.88 Å². The molecule has 0 spiro atoms. The molecule has 1 saturated carbocycles. The Morgan fingerprint density at radius 2 is 2.22 bits per heavy atom. The number of hydrogen-bond donors (Lipinski definition) is 1. The maximum absolute atomic E-state index is 12.6. The standard InChI is InChI=1S/C15H25N3O4S/c1-15(6-4-12(21-2)5-7-15)11-17-23(19,20)13-10-16-18-8-3-9-22-14(13)18/h10,12,17H,3-9,11H2,1-2H3. The highest BCUT2D eigenvalue weighted by Gasteiger charge is 2.34. The zero-order valence-electron chi connectivity index (χ0n) is 13.7. The summed E-state index contributed by atoms with van der Waals surface area (Å²) in [5.74, 6) is 0.358. The molecule has 2 aliphatic rings. The van der Waals surface area contributed by atoms with E-state index in [4.69, 9.17) is 9.47 Å². The number of aryl methyl sites for hydroxylation is 1. The van der Waals surface area contributed by atoms with Gasteiger partial charge < -0.3 is 9.47 Å². The van der Waals surface area contributed by atoms with Crippen LogP contribution in [0.3, 0.4) is 0 Å². The Morgan fingerprint density at radius 3 is 2.91 bits per heavy atom. The summed E-state index contributed by atoms with van der Waals surface area (Å²) < 4.78 is 40.4. The Labute approximate surface area is 137 Å². The van der Waals surface area contributed by atoms with Crippen LogP contribution in [0.1, 0.15) is 39.0 Å². The number of fused-ring (bicyclic) bond motifs is 1. The van der Waals surface area contributed by atoms with E-state index < -0.39 is 10.0 Å². The van der Waals surface area contributed by atoms with E-state index in [1.807, 2.05) is 0 Å². The van der Waals surface area contributed by atoms with Gasteiger partial charge in [0.25, 0.3) is 0 Å². The number of nitrogens with one attached hydrogen (secondary N) is 1. The molecule has 1 fully saturated rings. The van der Waals surface area contributed by atoms with Crippen LogP contribution in [0.4, 0.5) is 0 Å². The molecule has 130 valence electrons. The van der Waals surface area contributed by atoms with Crippen molar-refractivity contribution in [2.24, 2.45) is 5.41 Å². The third-order valence-corrected chi connectivity index (χ3v) is 6.35. The predicted molar refractivity (Wildman–Crippen MR) is 84.9 cm³/mol. The molecule has 1 N–H and O–H groups in total. The van der Waals surface area contributed by atoms with Crippen LogP contribution >= 0.6 is 0 Å². The van der Waals surface area contributed by atoms with Crippen LogP contribution in [0.15, 0.2) is 11.1 Å². The summed E-state index contributed by atoms with van der Waals surface area (Å²) in [6.45, 7) is 3.78. The number of ether oxygens (including phenoxy) is 2. The molecule has 0 amide bonds. The topological polar surface area (TPSA) is 82.5 Å². The highest BCUT2D eigenvalue weighted by Crippen LogP contribution is 2.37. The van der Waals surface area contributed by atoms with E-state index in [0.717, 1.165) is 32.1 Å². The maximum Gasteiger partial charge on any atom is 0.247 e. The summed E-state index contributed by atoms with van der Waals surface area (Å²) in [6, 6.07) is 0. The SMILES string of the molecule is COC1CCC(C)(CNS(=O)(=O)c2cnn3c2OCCC3)CC1. The smallest absolute Gasteiger partial charge is 0.247 e. The van der Waals surface area contributed by atoms with Gasteiger partial charge in [-0.15, -0.1) is 0 Å². The third kappa shape index (κ3) is 3.54. The minimum absolute atomic E-state index is 0.0316. The second-order valence-electron chi connectivity index (χ2n) is 6.81. The van der Waals surface area contributed by atoms with Gasteiger partial charge in [0.1, 0.15) is 0 Å². The van der Waals surface area contributed by atoms with Gasteiger partial charge in [-0.2, -0.15) is 5.10 Å². The first-order valence-electron chi connectivity index (χ1n) is 8.15. The highest BCUT2D eigenvalue weighted by atomic mass is 32.2.